The van der Waals surface area contributed by atoms with Crippen LogP contribution in [0.25, 0.3) is 10.9 Å². The second kappa shape index (κ2) is 9.13. The van der Waals surface area contributed by atoms with E-state index in [-0.39, 0.29) is 17.9 Å². The first-order valence-electron chi connectivity index (χ1n) is 10.8. The summed E-state index contributed by atoms with van der Waals surface area (Å²) < 4.78 is 6.48. The van der Waals surface area contributed by atoms with Gasteiger partial charge in [-0.15, -0.1) is 0 Å². The lowest BCUT2D eigenvalue weighted by molar-refractivity contribution is 0.0936. The Morgan fingerprint density at radius 2 is 2.00 bits per heavy atom. The molecule has 9 heteroatoms. The van der Waals surface area contributed by atoms with E-state index in [1.165, 1.54) is 0 Å². The lowest BCUT2D eigenvalue weighted by atomic mass is 10.0. The first kappa shape index (κ1) is 21.3. The molecule has 4 aromatic rings. The number of H-pyrrole nitrogens is 2. The highest BCUT2D eigenvalue weighted by Gasteiger charge is 2.32. The van der Waals surface area contributed by atoms with Crippen LogP contribution in [0.4, 0.5) is 0 Å². The molecule has 168 valence electrons. The summed E-state index contributed by atoms with van der Waals surface area (Å²) in [7, 11) is 0. The number of rotatable bonds is 6. The predicted molar refractivity (Wildman–Crippen MR) is 128 cm³/mol. The molecule has 4 N–H and O–H groups in total. The predicted octanol–water partition coefficient (Wildman–Crippen LogP) is 3.39. The molecule has 1 amide bonds. The molecule has 3 heterocycles. The number of benzene rings is 2. The largest absolute Gasteiger partial charge is 0.489 e. The van der Waals surface area contributed by atoms with Crippen molar-refractivity contribution >= 4 is 29.0 Å². The van der Waals surface area contributed by atoms with Crippen molar-refractivity contribution in [2.75, 3.05) is 13.1 Å². The van der Waals surface area contributed by atoms with Crippen LogP contribution in [0.1, 0.15) is 33.4 Å². The molecule has 2 unspecified atom stereocenters. The minimum absolute atomic E-state index is 0.0307. The Morgan fingerprint density at radius 3 is 2.79 bits per heavy atom. The highest BCUT2D eigenvalue weighted by molar-refractivity contribution is 7.71. The maximum atomic E-state index is 12.8. The Hall–Kier alpha value is -3.56. The Kier molecular flexibility index (Phi) is 5.89. The average molecular weight is 461 g/mol. The molecule has 1 fully saturated rings. The number of hydrogen-bond acceptors (Lipinski definition) is 6. The standard InChI is InChI=1S/C24H24N6O2S/c1-14-10-16(18-4-2-3-5-20(18)26-14)13-32-17-8-6-15(7-9-17)23(31)27-21-12-25-11-19(21)22-28-24(33)30-29-22/h2-10,19,21,25H,11-13H2,1H3,(H,27,31)(H2,28,29,30,33). The summed E-state index contributed by atoms with van der Waals surface area (Å²) in [4.78, 5) is 20.4. The molecule has 0 spiro atoms. The highest BCUT2D eigenvalue weighted by Crippen LogP contribution is 2.22. The first-order valence-corrected chi connectivity index (χ1v) is 11.2. The number of pyridine rings is 1. The van der Waals surface area contributed by atoms with Gasteiger partial charge in [0.25, 0.3) is 5.91 Å². The van der Waals surface area contributed by atoms with Crippen LogP contribution < -0.4 is 15.4 Å². The van der Waals surface area contributed by atoms with Gasteiger partial charge in [-0.25, -0.2) is 0 Å². The molecule has 0 radical (unpaired) electrons. The van der Waals surface area contributed by atoms with Crippen LogP contribution >= 0.6 is 12.2 Å². The third-order valence-corrected chi connectivity index (χ3v) is 6.04. The van der Waals surface area contributed by atoms with Crippen LogP contribution in [0, 0.1) is 11.7 Å². The molecular formula is C24H24N6O2S. The monoisotopic (exact) mass is 460 g/mol. The average Bonchev–Trinajstić information content (AvgIpc) is 3.46. The van der Waals surface area contributed by atoms with E-state index >= 15 is 0 Å². The zero-order valence-electron chi connectivity index (χ0n) is 18.1. The van der Waals surface area contributed by atoms with Crippen molar-refractivity contribution in [3.8, 4) is 5.75 Å². The van der Waals surface area contributed by atoms with Gasteiger partial charge < -0.3 is 20.4 Å². The Labute approximate surface area is 195 Å². The first-order chi connectivity index (χ1) is 16.1. The van der Waals surface area contributed by atoms with Crippen LogP contribution in [0.3, 0.4) is 0 Å². The van der Waals surface area contributed by atoms with Crippen molar-refractivity contribution in [3.63, 3.8) is 0 Å². The maximum Gasteiger partial charge on any atom is 0.251 e. The summed E-state index contributed by atoms with van der Waals surface area (Å²) in [6.45, 7) is 3.80. The number of hydrogen-bond donors (Lipinski definition) is 4. The molecule has 2 atom stereocenters. The Bertz CT molecular complexity index is 1350. The Morgan fingerprint density at radius 1 is 1.18 bits per heavy atom. The molecular weight excluding hydrogens is 436 g/mol. The lowest BCUT2D eigenvalue weighted by Crippen LogP contribution is -2.39. The van der Waals surface area contributed by atoms with Gasteiger partial charge in [0, 0.05) is 35.3 Å². The number of amides is 1. The second-order valence-electron chi connectivity index (χ2n) is 8.16. The van der Waals surface area contributed by atoms with E-state index in [1.54, 1.807) is 12.1 Å². The molecule has 2 aromatic carbocycles. The van der Waals surface area contributed by atoms with E-state index in [9.17, 15) is 4.79 Å². The quantitative estimate of drug-likeness (QED) is 0.329. The molecule has 2 aromatic heterocycles. The van der Waals surface area contributed by atoms with Crippen molar-refractivity contribution < 1.29 is 9.53 Å². The minimum Gasteiger partial charge on any atom is -0.489 e. The van der Waals surface area contributed by atoms with Crippen molar-refractivity contribution in [1.29, 1.82) is 0 Å². The van der Waals surface area contributed by atoms with E-state index in [4.69, 9.17) is 17.0 Å². The van der Waals surface area contributed by atoms with Gasteiger partial charge in [0.2, 0.25) is 0 Å². The smallest absolute Gasteiger partial charge is 0.251 e. The third kappa shape index (κ3) is 4.64. The number of fused-ring (bicyclic) bond motifs is 1. The molecule has 33 heavy (non-hydrogen) atoms. The molecule has 0 aliphatic carbocycles. The number of aryl methyl sites for hydroxylation is 1. The van der Waals surface area contributed by atoms with Crippen LogP contribution in [-0.2, 0) is 6.61 Å². The minimum atomic E-state index is -0.134. The van der Waals surface area contributed by atoms with Crippen molar-refractivity contribution in [2.45, 2.75) is 25.5 Å². The van der Waals surface area contributed by atoms with Gasteiger partial charge in [0.15, 0.2) is 4.77 Å². The second-order valence-corrected chi connectivity index (χ2v) is 8.57. The van der Waals surface area contributed by atoms with Crippen LogP contribution in [0.2, 0.25) is 0 Å². The molecule has 1 saturated heterocycles. The van der Waals surface area contributed by atoms with Crippen molar-refractivity contribution in [3.05, 3.63) is 82.0 Å². The van der Waals surface area contributed by atoms with E-state index in [2.05, 4.69) is 36.9 Å². The zero-order chi connectivity index (χ0) is 22.8. The third-order valence-electron chi connectivity index (χ3n) is 5.84. The van der Waals surface area contributed by atoms with Crippen LogP contribution in [0.15, 0.2) is 54.6 Å². The number of para-hydroxylation sites is 1. The van der Waals surface area contributed by atoms with Gasteiger partial charge in [0.05, 0.1) is 17.5 Å². The fourth-order valence-corrected chi connectivity index (χ4v) is 4.36. The number of aromatic amines is 2. The van der Waals surface area contributed by atoms with Gasteiger partial charge in [-0.1, -0.05) is 18.2 Å². The molecule has 0 saturated carbocycles. The fourth-order valence-electron chi connectivity index (χ4n) is 4.21. The fraction of sp³-hybridized carbons (Fsp3) is 0.250. The van der Waals surface area contributed by atoms with Gasteiger partial charge in [-0.3, -0.25) is 14.9 Å². The number of carbonyl (C=O) groups excluding carboxylic acids is 1. The van der Waals surface area contributed by atoms with E-state index in [0.29, 0.717) is 29.2 Å². The Balaban J connectivity index is 1.23. The van der Waals surface area contributed by atoms with E-state index in [0.717, 1.165) is 34.5 Å². The summed E-state index contributed by atoms with van der Waals surface area (Å²) >= 11 is 5.07. The topological polar surface area (TPSA) is 108 Å². The SMILES string of the molecule is Cc1cc(COc2ccc(C(=O)NC3CNCC3c3n[nH]c(=S)[nH]3)cc2)c2ccccc2n1. The highest BCUT2D eigenvalue weighted by atomic mass is 32.1. The molecule has 1 aliphatic heterocycles. The van der Waals surface area contributed by atoms with Gasteiger partial charge in [-0.2, -0.15) is 5.10 Å². The van der Waals surface area contributed by atoms with Gasteiger partial charge in [0.1, 0.15) is 18.2 Å². The number of ether oxygens (including phenoxy) is 1. The number of nitrogens with zero attached hydrogens (tertiary/aromatic N) is 2. The van der Waals surface area contributed by atoms with Crippen molar-refractivity contribution in [2.24, 2.45) is 0 Å². The zero-order valence-corrected chi connectivity index (χ0v) is 18.9. The summed E-state index contributed by atoms with van der Waals surface area (Å²) in [5, 5.41) is 14.4. The summed E-state index contributed by atoms with van der Waals surface area (Å²) in [6.07, 6.45) is 0. The van der Waals surface area contributed by atoms with E-state index < -0.39 is 0 Å². The lowest BCUT2D eigenvalue weighted by Gasteiger charge is -2.18. The van der Waals surface area contributed by atoms with Crippen LogP contribution in [0.5, 0.6) is 5.75 Å². The normalized spacial score (nSPS) is 17.8. The number of nitrogens with one attached hydrogen (secondary N) is 4. The maximum absolute atomic E-state index is 12.8. The summed E-state index contributed by atoms with van der Waals surface area (Å²) in [6, 6.07) is 17.2. The van der Waals surface area contributed by atoms with Gasteiger partial charge in [-0.05, 0) is 55.5 Å². The van der Waals surface area contributed by atoms with Crippen LogP contribution in [-0.4, -0.2) is 45.2 Å². The summed E-state index contributed by atoms with van der Waals surface area (Å²) in [5.74, 6) is 1.35. The molecule has 1 aliphatic rings. The van der Waals surface area contributed by atoms with Gasteiger partial charge >= 0.3 is 0 Å². The van der Waals surface area contributed by atoms with E-state index in [1.807, 2.05) is 43.3 Å². The number of carbonyl (C=O) groups is 1. The molecule has 5 rings (SSSR count). The molecule has 8 nitrogen and oxygen atoms in total. The summed E-state index contributed by atoms with van der Waals surface area (Å²) in [5.41, 5.74) is 3.57. The molecule has 0 bridgehead atoms. The van der Waals surface area contributed by atoms with Crippen molar-refractivity contribution in [1.82, 2.24) is 30.8 Å². The number of aromatic nitrogens is 4.